The van der Waals surface area contributed by atoms with E-state index in [-0.39, 0.29) is 43.5 Å². The summed E-state index contributed by atoms with van der Waals surface area (Å²) < 4.78 is 10.6. The molecule has 29 heavy (non-hydrogen) atoms. The lowest BCUT2D eigenvalue weighted by atomic mass is 10.1. The molecule has 0 radical (unpaired) electrons. The molecule has 0 aromatic heterocycles. The van der Waals surface area contributed by atoms with E-state index in [1.165, 1.54) is 4.90 Å². The molecule has 1 atom stereocenters. The number of hydrogen-bond donors (Lipinski definition) is 1. The van der Waals surface area contributed by atoms with Crippen LogP contribution in [0.3, 0.4) is 0 Å². The zero-order valence-corrected chi connectivity index (χ0v) is 16.2. The van der Waals surface area contributed by atoms with Crippen molar-refractivity contribution in [3.8, 4) is 11.5 Å². The number of ether oxygens (including phenoxy) is 2. The molecule has 0 spiro atoms. The number of carbonyl (C=O) groups is 3. The molecule has 8 nitrogen and oxygen atoms in total. The van der Waals surface area contributed by atoms with Gasteiger partial charge in [0.2, 0.25) is 18.6 Å². The van der Waals surface area contributed by atoms with Gasteiger partial charge in [0.15, 0.2) is 11.5 Å². The number of para-hydroxylation sites is 2. The van der Waals surface area contributed by atoms with Gasteiger partial charge in [-0.05, 0) is 37.3 Å². The van der Waals surface area contributed by atoms with E-state index in [9.17, 15) is 14.4 Å². The molecular formula is C21H21N3O5. The quantitative estimate of drug-likeness (QED) is 0.861. The van der Waals surface area contributed by atoms with E-state index in [4.69, 9.17) is 9.47 Å². The van der Waals surface area contributed by atoms with E-state index in [0.29, 0.717) is 28.4 Å². The van der Waals surface area contributed by atoms with Gasteiger partial charge in [-0.1, -0.05) is 12.1 Å². The van der Waals surface area contributed by atoms with E-state index >= 15 is 0 Å². The predicted octanol–water partition coefficient (Wildman–Crippen LogP) is 2.25. The third-order valence-electron chi connectivity index (χ3n) is 4.97. The highest BCUT2D eigenvalue weighted by atomic mass is 16.7. The third-order valence-corrected chi connectivity index (χ3v) is 4.97. The summed E-state index contributed by atoms with van der Waals surface area (Å²) in [4.78, 5) is 40.9. The molecule has 0 aliphatic carbocycles. The van der Waals surface area contributed by atoms with Gasteiger partial charge in [-0.25, -0.2) is 0 Å². The Morgan fingerprint density at radius 3 is 2.76 bits per heavy atom. The van der Waals surface area contributed by atoms with E-state index in [0.717, 1.165) is 0 Å². The van der Waals surface area contributed by atoms with Crippen molar-refractivity contribution in [1.82, 2.24) is 4.90 Å². The van der Waals surface area contributed by atoms with Crippen LogP contribution >= 0.6 is 0 Å². The number of nitrogens with zero attached hydrogens (tertiary/aromatic N) is 2. The van der Waals surface area contributed by atoms with Crippen LogP contribution in [0.5, 0.6) is 11.5 Å². The Morgan fingerprint density at radius 2 is 1.93 bits per heavy atom. The number of hydrogen-bond acceptors (Lipinski definition) is 5. The number of fused-ring (bicyclic) bond motifs is 2. The number of anilines is 2. The molecular weight excluding hydrogens is 374 g/mol. The van der Waals surface area contributed by atoms with Gasteiger partial charge in [-0.15, -0.1) is 0 Å². The molecule has 8 heteroatoms. The van der Waals surface area contributed by atoms with E-state index in [1.54, 1.807) is 48.3 Å². The Kier molecular flexibility index (Phi) is 4.84. The second kappa shape index (κ2) is 7.46. The fourth-order valence-corrected chi connectivity index (χ4v) is 3.57. The van der Waals surface area contributed by atoms with Gasteiger partial charge in [0.05, 0.1) is 11.4 Å². The van der Waals surface area contributed by atoms with Crippen molar-refractivity contribution in [1.29, 1.82) is 0 Å². The van der Waals surface area contributed by atoms with Crippen molar-refractivity contribution in [2.75, 3.05) is 30.6 Å². The van der Waals surface area contributed by atoms with E-state index < -0.39 is 0 Å². The van der Waals surface area contributed by atoms with Crippen LogP contribution in [-0.2, 0) is 9.59 Å². The van der Waals surface area contributed by atoms with Crippen LogP contribution in [0.1, 0.15) is 23.7 Å². The number of benzene rings is 2. The lowest BCUT2D eigenvalue weighted by molar-refractivity contribution is -0.119. The summed E-state index contributed by atoms with van der Waals surface area (Å²) in [5, 5.41) is 2.82. The molecule has 0 fully saturated rings. The number of amides is 3. The molecule has 3 amide bonds. The summed E-state index contributed by atoms with van der Waals surface area (Å²) >= 11 is 0. The van der Waals surface area contributed by atoms with Crippen molar-refractivity contribution in [3.63, 3.8) is 0 Å². The maximum atomic E-state index is 13.1. The first kappa shape index (κ1) is 18.8. The van der Waals surface area contributed by atoms with Crippen LogP contribution in [0.25, 0.3) is 0 Å². The Labute approximate surface area is 168 Å². The second-order valence-corrected chi connectivity index (χ2v) is 7.11. The molecule has 2 aromatic carbocycles. The molecule has 0 saturated heterocycles. The Balaban J connectivity index is 1.53. The predicted molar refractivity (Wildman–Crippen MR) is 106 cm³/mol. The van der Waals surface area contributed by atoms with Crippen LogP contribution in [-0.4, -0.2) is 49.0 Å². The molecule has 0 unspecified atom stereocenters. The zero-order valence-electron chi connectivity index (χ0n) is 16.2. The molecule has 150 valence electrons. The maximum absolute atomic E-state index is 13.1. The molecule has 2 aliphatic heterocycles. The van der Waals surface area contributed by atoms with Gasteiger partial charge in [-0.2, -0.15) is 0 Å². The smallest absolute Gasteiger partial charge is 0.254 e. The van der Waals surface area contributed by atoms with Crippen LogP contribution < -0.4 is 19.7 Å². The summed E-state index contributed by atoms with van der Waals surface area (Å²) in [7, 11) is 1.57. The lowest BCUT2D eigenvalue weighted by Crippen LogP contribution is -2.45. The third kappa shape index (κ3) is 3.61. The Morgan fingerprint density at radius 1 is 1.17 bits per heavy atom. The minimum absolute atomic E-state index is 0.125. The number of likely N-dealkylation sites (N-methyl/N-ethyl adjacent to an activating group) is 1. The highest BCUT2D eigenvalue weighted by Gasteiger charge is 2.31. The number of rotatable bonds is 3. The van der Waals surface area contributed by atoms with Gasteiger partial charge in [0.25, 0.3) is 5.91 Å². The molecule has 1 N–H and O–H groups in total. The first-order valence-electron chi connectivity index (χ1n) is 9.30. The molecule has 4 rings (SSSR count). The topological polar surface area (TPSA) is 88.2 Å². The molecule has 2 aliphatic rings. The monoisotopic (exact) mass is 395 g/mol. The van der Waals surface area contributed by atoms with Crippen LogP contribution in [0.4, 0.5) is 11.4 Å². The second-order valence-electron chi connectivity index (χ2n) is 7.11. The van der Waals surface area contributed by atoms with Gasteiger partial charge >= 0.3 is 0 Å². The average molecular weight is 395 g/mol. The molecule has 2 heterocycles. The van der Waals surface area contributed by atoms with Crippen LogP contribution in [0, 0.1) is 0 Å². The summed E-state index contributed by atoms with van der Waals surface area (Å²) in [6, 6.07) is 11.7. The van der Waals surface area contributed by atoms with Crippen molar-refractivity contribution in [2.45, 2.75) is 19.4 Å². The van der Waals surface area contributed by atoms with Gasteiger partial charge in [0, 0.05) is 25.1 Å². The minimum Gasteiger partial charge on any atom is -0.454 e. The lowest BCUT2D eigenvalue weighted by Gasteiger charge is -2.29. The summed E-state index contributed by atoms with van der Waals surface area (Å²) in [5.41, 5.74) is 1.62. The summed E-state index contributed by atoms with van der Waals surface area (Å²) in [6.07, 6.45) is 0.181. The van der Waals surface area contributed by atoms with Crippen molar-refractivity contribution in [2.24, 2.45) is 0 Å². The molecule has 0 bridgehead atoms. The van der Waals surface area contributed by atoms with Gasteiger partial charge in [-0.3, -0.25) is 14.4 Å². The zero-order chi connectivity index (χ0) is 20.5. The Hall–Kier alpha value is -3.55. The highest BCUT2D eigenvalue weighted by Crippen LogP contribution is 2.33. The van der Waals surface area contributed by atoms with Crippen molar-refractivity contribution < 1.29 is 23.9 Å². The first-order valence-corrected chi connectivity index (χ1v) is 9.30. The first-order chi connectivity index (χ1) is 13.9. The normalized spacial score (nSPS) is 17.2. The van der Waals surface area contributed by atoms with E-state index in [2.05, 4.69) is 5.32 Å². The summed E-state index contributed by atoms with van der Waals surface area (Å²) in [5.74, 6) is 0.382. The standard InChI is InChI=1S/C21H21N3O5/c1-13-9-19(25)22-15-5-3-4-6-16(15)24(13)20(26)11-23(2)21(27)14-7-8-17-18(10-14)29-12-28-17/h3-8,10,13H,9,11-12H2,1-2H3,(H,22,25)/t13-/m0/s1. The molecule has 0 saturated carbocycles. The maximum Gasteiger partial charge on any atom is 0.254 e. The van der Waals surface area contributed by atoms with Crippen molar-refractivity contribution in [3.05, 3.63) is 48.0 Å². The fraction of sp³-hybridized carbons (Fsp3) is 0.286. The van der Waals surface area contributed by atoms with E-state index in [1.807, 2.05) is 13.0 Å². The van der Waals surface area contributed by atoms with Gasteiger partial charge < -0.3 is 24.6 Å². The number of nitrogens with one attached hydrogen (secondary N) is 1. The number of carbonyl (C=O) groups excluding carboxylic acids is 3. The minimum atomic E-state index is -0.333. The fourth-order valence-electron chi connectivity index (χ4n) is 3.57. The SMILES string of the molecule is C[C@H]1CC(=O)Nc2ccccc2N1C(=O)CN(C)C(=O)c1ccc2c(c1)OCO2. The highest BCUT2D eigenvalue weighted by molar-refractivity contribution is 6.06. The average Bonchev–Trinajstić information content (AvgIpc) is 3.11. The largest absolute Gasteiger partial charge is 0.454 e. The van der Waals surface area contributed by atoms with Gasteiger partial charge in [0.1, 0.15) is 6.54 Å². The van der Waals surface area contributed by atoms with Crippen LogP contribution in [0.15, 0.2) is 42.5 Å². The molecule has 2 aromatic rings. The Bertz CT molecular complexity index is 990. The van der Waals surface area contributed by atoms with Crippen LogP contribution in [0.2, 0.25) is 0 Å². The van der Waals surface area contributed by atoms with Crippen molar-refractivity contribution >= 4 is 29.1 Å². The summed E-state index contributed by atoms with van der Waals surface area (Å²) in [6.45, 7) is 1.82.